The van der Waals surface area contributed by atoms with Gasteiger partial charge in [-0.3, -0.25) is 4.79 Å². The van der Waals surface area contributed by atoms with E-state index in [0.717, 1.165) is 28.1 Å². The fourth-order valence-corrected chi connectivity index (χ4v) is 2.15. The van der Waals surface area contributed by atoms with Gasteiger partial charge in [0.05, 0.1) is 7.11 Å². The fourth-order valence-electron chi connectivity index (χ4n) is 2.15. The van der Waals surface area contributed by atoms with Gasteiger partial charge in [-0.05, 0) is 37.1 Å². The third kappa shape index (κ3) is 3.72. The second kappa shape index (κ2) is 6.75. The van der Waals surface area contributed by atoms with E-state index in [9.17, 15) is 4.79 Å². The van der Waals surface area contributed by atoms with Crippen molar-refractivity contribution in [3.05, 3.63) is 65.2 Å². The molecule has 0 fully saturated rings. The van der Waals surface area contributed by atoms with E-state index in [1.807, 2.05) is 56.3 Å². The standard InChI is InChI=1S/C18H19NO2/c1-13-7-6-8-14(2)18(13)19-17(20)12-11-15-9-4-5-10-16(15)21-3/h4-12H,1-3H3,(H,19,20). The summed E-state index contributed by atoms with van der Waals surface area (Å²) in [6.07, 6.45) is 3.27. The first-order valence-corrected chi connectivity index (χ1v) is 6.80. The third-order valence-electron chi connectivity index (χ3n) is 3.28. The van der Waals surface area contributed by atoms with E-state index in [0.29, 0.717) is 0 Å². The molecule has 3 nitrogen and oxygen atoms in total. The zero-order valence-corrected chi connectivity index (χ0v) is 12.5. The molecule has 0 unspecified atom stereocenters. The molecule has 0 saturated heterocycles. The molecule has 0 radical (unpaired) electrons. The number of benzene rings is 2. The third-order valence-corrected chi connectivity index (χ3v) is 3.28. The quantitative estimate of drug-likeness (QED) is 0.861. The van der Waals surface area contributed by atoms with Crippen LogP contribution in [0.3, 0.4) is 0 Å². The van der Waals surface area contributed by atoms with Gasteiger partial charge in [0.2, 0.25) is 5.91 Å². The van der Waals surface area contributed by atoms with Crippen LogP contribution < -0.4 is 10.1 Å². The summed E-state index contributed by atoms with van der Waals surface area (Å²) in [6.45, 7) is 3.96. The Morgan fingerprint density at radius 1 is 1.05 bits per heavy atom. The molecule has 0 saturated carbocycles. The van der Waals surface area contributed by atoms with Crippen molar-refractivity contribution < 1.29 is 9.53 Å². The van der Waals surface area contributed by atoms with Crippen molar-refractivity contribution in [2.24, 2.45) is 0 Å². The minimum Gasteiger partial charge on any atom is -0.496 e. The van der Waals surface area contributed by atoms with Crippen LogP contribution in [-0.2, 0) is 4.79 Å². The molecule has 0 bridgehead atoms. The van der Waals surface area contributed by atoms with Crippen LogP contribution in [0.2, 0.25) is 0 Å². The second-order valence-corrected chi connectivity index (χ2v) is 4.83. The van der Waals surface area contributed by atoms with Gasteiger partial charge < -0.3 is 10.1 Å². The summed E-state index contributed by atoms with van der Waals surface area (Å²) in [5, 5.41) is 2.92. The minimum atomic E-state index is -0.154. The number of methoxy groups -OCH3 is 1. The maximum absolute atomic E-state index is 12.1. The van der Waals surface area contributed by atoms with Crippen LogP contribution in [0.4, 0.5) is 5.69 Å². The molecule has 21 heavy (non-hydrogen) atoms. The van der Waals surface area contributed by atoms with Crippen molar-refractivity contribution in [2.45, 2.75) is 13.8 Å². The van der Waals surface area contributed by atoms with Gasteiger partial charge in [0.15, 0.2) is 0 Å². The Labute approximate surface area is 125 Å². The SMILES string of the molecule is COc1ccccc1C=CC(=O)Nc1c(C)cccc1C. The van der Waals surface area contributed by atoms with Crippen molar-refractivity contribution in [2.75, 3.05) is 12.4 Å². The lowest BCUT2D eigenvalue weighted by molar-refractivity contribution is -0.111. The molecule has 0 aromatic heterocycles. The molecule has 1 amide bonds. The fraction of sp³-hybridized carbons (Fsp3) is 0.167. The van der Waals surface area contributed by atoms with Crippen molar-refractivity contribution in [1.82, 2.24) is 0 Å². The normalized spacial score (nSPS) is 10.6. The van der Waals surface area contributed by atoms with Gasteiger partial charge in [-0.2, -0.15) is 0 Å². The molecule has 0 atom stereocenters. The van der Waals surface area contributed by atoms with Crippen molar-refractivity contribution in [1.29, 1.82) is 0 Å². The highest BCUT2D eigenvalue weighted by atomic mass is 16.5. The summed E-state index contributed by atoms with van der Waals surface area (Å²) < 4.78 is 5.25. The summed E-state index contributed by atoms with van der Waals surface area (Å²) in [5.74, 6) is 0.590. The van der Waals surface area contributed by atoms with E-state index >= 15 is 0 Å². The van der Waals surface area contributed by atoms with Crippen LogP contribution in [0, 0.1) is 13.8 Å². The average molecular weight is 281 g/mol. The molecule has 108 valence electrons. The first-order valence-electron chi connectivity index (χ1n) is 6.80. The zero-order chi connectivity index (χ0) is 15.2. The van der Waals surface area contributed by atoms with Crippen LogP contribution in [0.25, 0.3) is 6.08 Å². The minimum absolute atomic E-state index is 0.154. The topological polar surface area (TPSA) is 38.3 Å². The first kappa shape index (κ1) is 14.9. The summed E-state index contributed by atoms with van der Waals surface area (Å²) in [5.41, 5.74) is 3.84. The molecular formula is C18H19NO2. The van der Waals surface area contributed by atoms with E-state index < -0.39 is 0 Å². The van der Waals surface area contributed by atoms with Crippen LogP contribution in [-0.4, -0.2) is 13.0 Å². The number of para-hydroxylation sites is 2. The Balaban J connectivity index is 2.13. The van der Waals surface area contributed by atoms with Gasteiger partial charge in [0, 0.05) is 17.3 Å². The molecule has 0 aliphatic heterocycles. The van der Waals surface area contributed by atoms with Gasteiger partial charge in [-0.25, -0.2) is 0 Å². The Bertz CT molecular complexity index is 654. The number of nitrogens with one attached hydrogen (secondary N) is 1. The predicted molar refractivity (Wildman–Crippen MR) is 86.6 cm³/mol. The summed E-state index contributed by atoms with van der Waals surface area (Å²) in [7, 11) is 1.61. The summed E-state index contributed by atoms with van der Waals surface area (Å²) in [6, 6.07) is 13.5. The van der Waals surface area contributed by atoms with Crippen LogP contribution in [0.15, 0.2) is 48.5 Å². The monoisotopic (exact) mass is 281 g/mol. The van der Waals surface area contributed by atoms with Gasteiger partial charge in [-0.15, -0.1) is 0 Å². The summed E-state index contributed by atoms with van der Waals surface area (Å²) in [4.78, 5) is 12.1. The lowest BCUT2D eigenvalue weighted by Crippen LogP contribution is -2.10. The zero-order valence-electron chi connectivity index (χ0n) is 12.5. The molecule has 0 spiro atoms. The van der Waals surface area contributed by atoms with E-state index in [4.69, 9.17) is 4.74 Å². The van der Waals surface area contributed by atoms with E-state index in [1.54, 1.807) is 13.2 Å². The van der Waals surface area contributed by atoms with Gasteiger partial charge in [-0.1, -0.05) is 36.4 Å². The van der Waals surface area contributed by atoms with E-state index in [1.165, 1.54) is 6.08 Å². The lowest BCUT2D eigenvalue weighted by atomic mass is 10.1. The Morgan fingerprint density at radius 2 is 1.71 bits per heavy atom. The van der Waals surface area contributed by atoms with Gasteiger partial charge in [0.1, 0.15) is 5.75 Å². The number of amides is 1. The smallest absolute Gasteiger partial charge is 0.248 e. The molecule has 2 aromatic carbocycles. The molecular weight excluding hydrogens is 262 g/mol. The van der Waals surface area contributed by atoms with Crippen molar-refractivity contribution in [3.63, 3.8) is 0 Å². The largest absolute Gasteiger partial charge is 0.496 e. The number of anilines is 1. The highest BCUT2D eigenvalue weighted by Gasteiger charge is 2.05. The maximum atomic E-state index is 12.1. The Morgan fingerprint density at radius 3 is 2.38 bits per heavy atom. The molecule has 0 aliphatic carbocycles. The molecule has 0 heterocycles. The highest BCUT2D eigenvalue weighted by Crippen LogP contribution is 2.21. The Hall–Kier alpha value is -2.55. The van der Waals surface area contributed by atoms with E-state index in [2.05, 4.69) is 5.32 Å². The van der Waals surface area contributed by atoms with Crippen LogP contribution in [0.5, 0.6) is 5.75 Å². The number of carbonyl (C=O) groups excluding carboxylic acids is 1. The molecule has 0 aliphatic rings. The van der Waals surface area contributed by atoms with Crippen molar-refractivity contribution >= 4 is 17.7 Å². The average Bonchev–Trinajstić information content (AvgIpc) is 2.49. The number of rotatable bonds is 4. The highest BCUT2D eigenvalue weighted by molar-refractivity contribution is 6.03. The van der Waals surface area contributed by atoms with Crippen LogP contribution in [0.1, 0.15) is 16.7 Å². The van der Waals surface area contributed by atoms with Crippen molar-refractivity contribution in [3.8, 4) is 5.75 Å². The molecule has 3 heteroatoms. The Kier molecular flexibility index (Phi) is 4.77. The number of ether oxygens (including phenoxy) is 1. The van der Waals surface area contributed by atoms with E-state index in [-0.39, 0.29) is 5.91 Å². The maximum Gasteiger partial charge on any atom is 0.248 e. The number of carbonyl (C=O) groups is 1. The second-order valence-electron chi connectivity index (χ2n) is 4.83. The van der Waals surface area contributed by atoms with Crippen LogP contribution >= 0.6 is 0 Å². The molecule has 2 rings (SSSR count). The predicted octanol–water partition coefficient (Wildman–Crippen LogP) is 3.96. The lowest BCUT2D eigenvalue weighted by Gasteiger charge is -2.09. The molecule has 1 N–H and O–H groups in total. The first-order chi connectivity index (χ1) is 10.1. The molecule has 2 aromatic rings. The number of hydrogen-bond acceptors (Lipinski definition) is 2. The number of aryl methyl sites for hydroxylation is 2. The van der Waals surface area contributed by atoms with Gasteiger partial charge in [0.25, 0.3) is 0 Å². The number of hydrogen-bond donors (Lipinski definition) is 1. The summed E-state index contributed by atoms with van der Waals surface area (Å²) >= 11 is 0. The van der Waals surface area contributed by atoms with Gasteiger partial charge >= 0.3 is 0 Å².